The van der Waals surface area contributed by atoms with Crippen LogP contribution in [0.25, 0.3) is 0 Å². The predicted molar refractivity (Wildman–Crippen MR) is 72.3 cm³/mol. The number of nitrogen functional groups attached to an aromatic ring is 1. The van der Waals surface area contributed by atoms with Crippen molar-refractivity contribution >= 4 is 17.3 Å². The number of carbonyl (C=O) groups is 1. The summed E-state index contributed by atoms with van der Waals surface area (Å²) in [6.07, 6.45) is 1.94. The van der Waals surface area contributed by atoms with Crippen molar-refractivity contribution in [3.8, 4) is 0 Å². The lowest BCUT2D eigenvalue weighted by atomic mass is 9.98. The van der Waals surface area contributed by atoms with E-state index in [4.69, 9.17) is 10.5 Å². The van der Waals surface area contributed by atoms with Crippen molar-refractivity contribution in [3.63, 3.8) is 0 Å². The van der Waals surface area contributed by atoms with Gasteiger partial charge in [-0.15, -0.1) is 0 Å². The molecule has 1 aliphatic heterocycles. The maximum Gasteiger partial charge on any atom is 0.335 e. The van der Waals surface area contributed by atoms with Crippen molar-refractivity contribution < 1.29 is 13.9 Å². The molecule has 0 fully saturated rings. The third-order valence-corrected chi connectivity index (χ3v) is 3.06. The lowest BCUT2D eigenvalue weighted by Crippen LogP contribution is -2.26. The van der Waals surface area contributed by atoms with Crippen molar-refractivity contribution in [1.29, 1.82) is 0 Å². The summed E-state index contributed by atoms with van der Waals surface area (Å²) < 4.78 is 19.0. The normalized spacial score (nSPS) is 13.8. The maximum absolute atomic E-state index is 14.0. The van der Waals surface area contributed by atoms with Gasteiger partial charge in [-0.05, 0) is 26.0 Å². The number of ether oxygens (including phenoxy) is 1. The molecule has 0 amide bonds. The molecule has 0 aromatic heterocycles. The lowest BCUT2D eigenvalue weighted by molar-refractivity contribution is -0.138. The van der Waals surface area contributed by atoms with Crippen molar-refractivity contribution in [2.24, 2.45) is 0 Å². The van der Waals surface area contributed by atoms with E-state index in [1.165, 1.54) is 6.07 Å². The van der Waals surface area contributed by atoms with Crippen molar-refractivity contribution in [1.82, 2.24) is 0 Å². The molecule has 0 bridgehead atoms. The van der Waals surface area contributed by atoms with E-state index in [0.29, 0.717) is 35.7 Å². The second kappa shape index (κ2) is 5.30. The van der Waals surface area contributed by atoms with E-state index in [1.807, 2.05) is 11.8 Å². The summed E-state index contributed by atoms with van der Waals surface area (Å²) in [4.78, 5) is 13.6. The number of hydrogen-bond acceptors (Lipinski definition) is 4. The molecular weight excluding hydrogens is 247 g/mol. The van der Waals surface area contributed by atoms with Crippen LogP contribution in [0, 0.1) is 5.82 Å². The standard InChI is InChI=1S/C14H17FN2O2/c1-3-17-8-9(14(18)19-4-2)5-11-12(15)6-10(16)7-13(11)17/h6-8H,3-5,16H2,1-2H3. The Bertz CT molecular complexity index is 540. The zero-order valence-corrected chi connectivity index (χ0v) is 11.1. The molecule has 0 aliphatic carbocycles. The number of halogens is 1. The monoisotopic (exact) mass is 264 g/mol. The zero-order valence-electron chi connectivity index (χ0n) is 11.1. The summed E-state index contributed by atoms with van der Waals surface area (Å²) in [6.45, 7) is 4.60. The first-order valence-corrected chi connectivity index (χ1v) is 6.29. The van der Waals surface area contributed by atoms with Crippen LogP contribution in [0.3, 0.4) is 0 Å². The van der Waals surface area contributed by atoms with Crippen LogP contribution in [0.4, 0.5) is 15.8 Å². The Hall–Kier alpha value is -2.04. The smallest absolute Gasteiger partial charge is 0.335 e. The van der Waals surface area contributed by atoms with Gasteiger partial charge in [0.2, 0.25) is 0 Å². The van der Waals surface area contributed by atoms with Crippen molar-refractivity contribution in [2.75, 3.05) is 23.8 Å². The minimum absolute atomic E-state index is 0.233. The topological polar surface area (TPSA) is 55.6 Å². The summed E-state index contributed by atoms with van der Waals surface area (Å²) >= 11 is 0. The van der Waals surface area contributed by atoms with Gasteiger partial charge < -0.3 is 15.4 Å². The number of benzene rings is 1. The molecule has 102 valence electrons. The van der Waals surface area contributed by atoms with Gasteiger partial charge >= 0.3 is 5.97 Å². The minimum Gasteiger partial charge on any atom is -0.463 e. The number of fused-ring (bicyclic) bond motifs is 1. The number of nitrogens with two attached hydrogens (primary N) is 1. The van der Waals surface area contributed by atoms with Crippen LogP contribution >= 0.6 is 0 Å². The molecule has 2 N–H and O–H groups in total. The quantitative estimate of drug-likeness (QED) is 0.672. The highest BCUT2D eigenvalue weighted by Gasteiger charge is 2.24. The van der Waals surface area contributed by atoms with E-state index >= 15 is 0 Å². The first kappa shape index (κ1) is 13.4. The molecular formula is C14H17FN2O2. The first-order valence-electron chi connectivity index (χ1n) is 6.29. The molecule has 19 heavy (non-hydrogen) atoms. The van der Waals surface area contributed by atoms with E-state index in [1.54, 1.807) is 19.2 Å². The molecule has 1 aromatic rings. The summed E-state index contributed by atoms with van der Waals surface area (Å²) in [7, 11) is 0. The largest absolute Gasteiger partial charge is 0.463 e. The fourth-order valence-corrected chi connectivity index (χ4v) is 2.18. The predicted octanol–water partition coefficient (Wildman–Crippen LogP) is 2.24. The molecule has 1 heterocycles. The zero-order chi connectivity index (χ0) is 14.0. The molecule has 0 spiro atoms. The van der Waals surface area contributed by atoms with Crippen molar-refractivity contribution in [3.05, 3.63) is 35.3 Å². The Balaban J connectivity index is 2.42. The Kier molecular flexibility index (Phi) is 3.74. The van der Waals surface area contributed by atoms with E-state index in [2.05, 4.69) is 0 Å². The van der Waals surface area contributed by atoms with Crippen LogP contribution in [0.5, 0.6) is 0 Å². The Morgan fingerprint density at radius 2 is 2.21 bits per heavy atom. The van der Waals surface area contributed by atoms with Gasteiger partial charge in [0, 0.05) is 36.1 Å². The summed E-state index contributed by atoms with van der Waals surface area (Å²) in [5, 5.41) is 0. The average Bonchev–Trinajstić information content (AvgIpc) is 2.38. The number of esters is 1. The number of nitrogens with zero attached hydrogens (tertiary/aromatic N) is 1. The van der Waals surface area contributed by atoms with Crippen LogP contribution in [-0.2, 0) is 16.0 Å². The second-order valence-electron chi connectivity index (χ2n) is 4.34. The van der Waals surface area contributed by atoms with Gasteiger partial charge in [-0.1, -0.05) is 0 Å². The van der Waals surface area contributed by atoms with Gasteiger partial charge in [0.25, 0.3) is 0 Å². The van der Waals surface area contributed by atoms with Crippen LogP contribution < -0.4 is 10.6 Å². The highest BCUT2D eigenvalue weighted by atomic mass is 19.1. The summed E-state index contributed by atoms with van der Waals surface area (Å²) in [5.74, 6) is -0.786. The van der Waals surface area contributed by atoms with Gasteiger partial charge in [-0.2, -0.15) is 0 Å². The highest BCUT2D eigenvalue weighted by molar-refractivity contribution is 5.91. The van der Waals surface area contributed by atoms with E-state index in [9.17, 15) is 9.18 Å². The second-order valence-corrected chi connectivity index (χ2v) is 4.34. The molecule has 2 rings (SSSR count). The van der Waals surface area contributed by atoms with Gasteiger partial charge in [0.15, 0.2) is 0 Å². The number of hydrogen-bond donors (Lipinski definition) is 1. The Morgan fingerprint density at radius 1 is 1.47 bits per heavy atom. The highest BCUT2D eigenvalue weighted by Crippen LogP contribution is 2.33. The van der Waals surface area contributed by atoms with E-state index < -0.39 is 5.97 Å². The average molecular weight is 264 g/mol. The van der Waals surface area contributed by atoms with Crippen LogP contribution in [0.1, 0.15) is 19.4 Å². The molecule has 4 nitrogen and oxygen atoms in total. The van der Waals surface area contributed by atoms with Gasteiger partial charge in [-0.3, -0.25) is 0 Å². The van der Waals surface area contributed by atoms with Crippen molar-refractivity contribution in [2.45, 2.75) is 20.3 Å². The molecule has 0 atom stereocenters. The first-order chi connectivity index (χ1) is 9.06. The van der Waals surface area contributed by atoms with E-state index in [-0.39, 0.29) is 12.2 Å². The summed E-state index contributed by atoms with van der Waals surface area (Å²) in [6, 6.07) is 3.00. The SMILES string of the molecule is CCOC(=O)C1=CN(CC)c2cc(N)cc(F)c2C1. The van der Waals surface area contributed by atoms with Crippen LogP contribution in [-0.4, -0.2) is 19.1 Å². The number of anilines is 2. The van der Waals surface area contributed by atoms with Gasteiger partial charge in [-0.25, -0.2) is 9.18 Å². The maximum atomic E-state index is 14.0. The van der Waals surface area contributed by atoms with Gasteiger partial charge in [0.05, 0.1) is 12.2 Å². The number of rotatable bonds is 3. The molecule has 5 heteroatoms. The third-order valence-electron chi connectivity index (χ3n) is 3.06. The van der Waals surface area contributed by atoms with Crippen LogP contribution in [0.2, 0.25) is 0 Å². The minimum atomic E-state index is -0.400. The Labute approximate surface area is 111 Å². The fourth-order valence-electron chi connectivity index (χ4n) is 2.18. The number of carbonyl (C=O) groups excluding carboxylic acids is 1. The van der Waals surface area contributed by atoms with E-state index in [0.717, 1.165) is 0 Å². The molecule has 0 saturated carbocycles. The molecule has 0 unspecified atom stereocenters. The lowest BCUT2D eigenvalue weighted by Gasteiger charge is -2.28. The fraction of sp³-hybridized carbons (Fsp3) is 0.357. The molecule has 0 saturated heterocycles. The van der Waals surface area contributed by atoms with Crippen LogP contribution in [0.15, 0.2) is 23.9 Å². The molecule has 0 radical (unpaired) electrons. The summed E-state index contributed by atoms with van der Waals surface area (Å²) in [5.41, 5.74) is 7.70. The molecule has 1 aromatic carbocycles. The Morgan fingerprint density at radius 3 is 2.84 bits per heavy atom. The van der Waals surface area contributed by atoms with Gasteiger partial charge in [0.1, 0.15) is 5.82 Å². The third kappa shape index (κ3) is 2.54. The molecule has 1 aliphatic rings.